The molecule has 1 aromatic heterocycles. The van der Waals surface area contributed by atoms with E-state index in [4.69, 9.17) is 0 Å². The number of nitrogens with zero attached hydrogens (tertiary/aromatic N) is 2. The Morgan fingerprint density at radius 3 is 3.19 bits per heavy atom. The smallest absolute Gasteiger partial charge is 0.251 e. The molecule has 0 spiro atoms. The molecule has 2 aromatic rings. The Balaban J connectivity index is 2.34. The number of amides is 1. The first-order valence-corrected chi connectivity index (χ1v) is 5.03. The first-order valence-electron chi connectivity index (χ1n) is 5.03. The van der Waals surface area contributed by atoms with E-state index in [0.29, 0.717) is 12.1 Å². The molecule has 4 nitrogen and oxygen atoms in total. The van der Waals surface area contributed by atoms with E-state index < -0.39 is 0 Å². The molecule has 82 valence electrons. The Morgan fingerprint density at radius 2 is 2.44 bits per heavy atom. The fraction of sp³-hybridized carbons (Fsp3) is 0.167. The van der Waals surface area contributed by atoms with Crippen molar-refractivity contribution in [1.29, 1.82) is 0 Å². The number of aromatic nitrogens is 2. The van der Waals surface area contributed by atoms with E-state index in [2.05, 4.69) is 17.0 Å². The second-order valence-electron chi connectivity index (χ2n) is 3.54. The van der Waals surface area contributed by atoms with Gasteiger partial charge >= 0.3 is 0 Å². The van der Waals surface area contributed by atoms with Gasteiger partial charge in [0.2, 0.25) is 0 Å². The van der Waals surface area contributed by atoms with Crippen molar-refractivity contribution in [2.24, 2.45) is 7.05 Å². The molecular weight excluding hydrogens is 202 g/mol. The molecule has 1 N–H and O–H groups in total. The molecule has 0 unspecified atom stereocenters. The van der Waals surface area contributed by atoms with Crippen LogP contribution in [0.15, 0.2) is 37.1 Å². The standard InChI is InChI=1S/C12H13N3O/c1-3-6-13-12(16)9-4-5-10-8-14-15(2)11(10)7-9/h3-5,7-8H,1,6H2,2H3,(H,13,16). The number of fused-ring (bicyclic) bond motifs is 1. The number of carbonyl (C=O) groups excluding carboxylic acids is 1. The van der Waals surface area contributed by atoms with E-state index in [9.17, 15) is 4.79 Å². The van der Waals surface area contributed by atoms with Crippen molar-refractivity contribution in [2.75, 3.05) is 6.54 Å². The van der Waals surface area contributed by atoms with Gasteiger partial charge in [-0.05, 0) is 12.1 Å². The predicted molar refractivity (Wildman–Crippen MR) is 63.2 cm³/mol. The third-order valence-corrected chi connectivity index (χ3v) is 2.42. The molecular formula is C12H13N3O. The molecule has 0 aliphatic rings. The van der Waals surface area contributed by atoms with Crippen LogP contribution in [0.5, 0.6) is 0 Å². The van der Waals surface area contributed by atoms with Crippen LogP contribution in [-0.2, 0) is 7.05 Å². The van der Waals surface area contributed by atoms with Crippen molar-refractivity contribution in [2.45, 2.75) is 0 Å². The van der Waals surface area contributed by atoms with Crippen molar-refractivity contribution in [3.63, 3.8) is 0 Å². The lowest BCUT2D eigenvalue weighted by atomic mass is 10.1. The van der Waals surface area contributed by atoms with Crippen LogP contribution in [0.1, 0.15) is 10.4 Å². The number of aryl methyl sites for hydroxylation is 1. The third kappa shape index (κ3) is 1.82. The number of benzene rings is 1. The molecule has 0 atom stereocenters. The van der Waals surface area contributed by atoms with Crippen LogP contribution < -0.4 is 5.32 Å². The van der Waals surface area contributed by atoms with Gasteiger partial charge in [0.25, 0.3) is 5.91 Å². The van der Waals surface area contributed by atoms with Crippen LogP contribution in [0.2, 0.25) is 0 Å². The summed E-state index contributed by atoms with van der Waals surface area (Å²) in [6, 6.07) is 5.52. The van der Waals surface area contributed by atoms with E-state index in [-0.39, 0.29) is 5.91 Å². The third-order valence-electron chi connectivity index (χ3n) is 2.42. The van der Waals surface area contributed by atoms with E-state index in [1.165, 1.54) is 0 Å². The summed E-state index contributed by atoms with van der Waals surface area (Å²) in [7, 11) is 1.85. The van der Waals surface area contributed by atoms with Crippen LogP contribution in [0, 0.1) is 0 Å². The number of hydrogen-bond donors (Lipinski definition) is 1. The van der Waals surface area contributed by atoms with Gasteiger partial charge in [-0.2, -0.15) is 5.10 Å². The minimum absolute atomic E-state index is 0.0944. The van der Waals surface area contributed by atoms with Gasteiger partial charge in [-0.3, -0.25) is 9.48 Å². The molecule has 0 aliphatic heterocycles. The van der Waals surface area contributed by atoms with Gasteiger partial charge < -0.3 is 5.32 Å². The van der Waals surface area contributed by atoms with E-state index in [0.717, 1.165) is 10.9 Å². The maximum Gasteiger partial charge on any atom is 0.251 e. The molecule has 16 heavy (non-hydrogen) atoms. The quantitative estimate of drug-likeness (QED) is 0.788. The maximum absolute atomic E-state index is 11.7. The van der Waals surface area contributed by atoms with Gasteiger partial charge in [-0.25, -0.2) is 0 Å². The second-order valence-corrected chi connectivity index (χ2v) is 3.54. The summed E-state index contributed by atoms with van der Waals surface area (Å²) < 4.78 is 1.75. The summed E-state index contributed by atoms with van der Waals surface area (Å²) in [5, 5.41) is 7.90. The SMILES string of the molecule is C=CCNC(=O)c1ccc2cnn(C)c2c1. The Kier molecular flexibility index (Phi) is 2.72. The number of rotatable bonds is 3. The highest BCUT2D eigenvalue weighted by Gasteiger charge is 2.06. The van der Waals surface area contributed by atoms with Gasteiger partial charge in [0, 0.05) is 24.5 Å². The van der Waals surface area contributed by atoms with Crippen LogP contribution >= 0.6 is 0 Å². The molecule has 4 heteroatoms. The monoisotopic (exact) mass is 215 g/mol. The zero-order valence-electron chi connectivity index (χ0n) is 9.10. The summed E-state index contributed by atoms with van der Waals surface area (Å²) in [4.78, 5) is 11.7. The minimum Gasteiger partial charge on any atom is -0.349 e. The fourth-order valence-electron chi connectivity index (χ4n) is 1.55. The summed E-state index contributed by atoms with van der Waals surface area (Å²) in [5.41, 5.74) is 1.59. The second kappa shape index (κ2) is 4.18. The van der Waals surface area contributed by atoms with Gasteiger partial charge in [0.1, 0.15) is 0 Å². The normalized spacial score (nSPS) is 10.3. The average Bonchev–Trinajstić information content (AvgIpc) is 2.67. The largest absolute Gasteiger partial charge is 0.349 e. The Morgan fingerprint density at radius 1 is 1.62 bits per heavy atom. The van der Waals surface area contributed by atoms with Crippen molar-refractivity contribution < 1.29 is 4.79 Å². The van der Waals surface area contributed by atoms with Gasteiger partial charge in [0.05, 0.1) is 11.7 Å². The van der Waals surface area contributed by atoms with E-state index >= 15 is 0 Å². The molecule has 0 bridgehead atoms. The van der Waals surface area contributed by atoms with Gasteiger partial charge in [0.15, 0.2) is 0 Å². The number of hydrogen-bond acceptors (Lipinski definition) is 2. The first-order chi connectivity index (χ1) is 7.72. The summed E-state index contributed by atoms with van der Waals surface area (Å²) in [6.07, 6.45) is 3.43. The number of nitrogens with one attached hydrogen (secondary N) is 1. The Labute approximate surface area is 93.6 Å². The summed E-state index contributed by atoms with van der Waals surface area (Å²) >= 11 is 0. The Bertz CT molecular complexity index is 542. The predicted octanol–water partition coefficient (Wildman–Crippen LogP) is 1.49. The lowest BCUT2D eigenvalue weighted by Gasteiger charge is -2.02. The molecule has 0 saturated carbocycles. The van der Waals surface area contributed by atoms with Gasteiger partial charge in [-0.1, -0.05) is 12.1 Å². The molecule has 0 radical (unpaired) electrons. The Hall–Kier alpha value is -2.10. The lowest BCUT2D eigenvalue weighted by Crippen LogP contribution is -2.23. The molecule has 0 aliphatic carbocycles. The summed E-state index contributed by atoms with van der Waals surface area (Å²) in [5.74, 6) is -0.0944. The minimum atomic E-state index is -0.0944. The summed E-state index contributed by atoms with van der Waals surface area (Å²) in [6.45, 7) is 4.03. The maximum atomic E-state index is 11.7. The van der Waals surface area contributed by atoms with Crippen LogP contribution in [0.3, 0.4) is 0 Å². The molecule has 0 fully saturated rings. The van der Waals surface area contributed by atoms with E-state index in [1.54, 1.807) is 23.0 Å². The topological polar surface area (TPSA) is 46.9 Å². The molecule has 2 rings (SSSR count). The van der Waals surface area contributed by atoms with Crippen LogP contribution in [0.4, 0.5) is 0 Å². The zero-order chi connectivity index (χ0) is 11.5. The molecule has 0 saturated heterocycles. The van der Waals surface area contributed by atoms with Crippen molar-refractivity contribution in [1.82, 2.24) is 15.1 Å². The van der Waals surface area contributed by atoms with E-state index in [1.807, 2.05) is 19.2 Å². The molecule has 1 aromatic carbocycles. The van der Waals surface area contributed by atoms with Crippen LogP contribution in [-0.4, -0.2) is 22.2 Å². The first kappa shape index (κ1) is 10.4. The van der Waals surface area contributed by atoms with Crippen molar-refractivity contribution in [3.8, 4) is 0 Å². The zero-order valence-corrected chi connectivity index (χ0v) is 9.10. The van der Waals surface area contributed by atoms with Crippen molar-refractivity contribution in [3.05, 3.63) is 42.6 Å². The highest BCUT2D eigenvalue weighted by molar-refractivity contribution is 5.97. The number of carbonyl (C=O) groups is 1. The fourth-order valence-corrected chi connectivity index (χ4v) is 1.55. The average molecular weight is 215 g/mol. The van der Waals surface area contributed by atoms with Gasteiger partial charge in [-0.15, -0.1) is 6.58 Å². The highest BCUT2D eigenvalue weighted by atomic mass is 16.1. The van der Waals surface area contributed by atoms with Crippen LogP contribution in [0.25, 0.3) is 10.9 Å². The lowest BCUT2D eigenvalue weighted by molar-refractivity contribution is 0.0958. The van der Waals surface area contributed by atoms with Crippen molar-refractivity contribution >= 4 is 16.8 Å². The highest BCUT2D eigenvalue weighted by Crippen LogP contribution is 2.14. The molecule has 1 heterocycles. The molecule has 1 amide bonds.